The number of phenols is 1. The van der Waals surface area contributed by atoms with Gasteiger partial charge in [-0.05, 0) is 57.2 Å². The second-order valence-corrected chi connectivity index (χ2v) is 10.00. The summed E-state index contributed by atoms with van der Waals surface area (Å²) in [7, 11) is 3.50. The minimum Gasteiger partial charge on any atom is -0.507 e. The molecular formula is C25H29FN6O2. The number of halogens is 1. The molecule has 178 valence electrons. The molecule has 2 saturated heterocycles. The van der Waals surface area contributed by atoms with Crippen molar-refractivity contribution in [3.63, 3.8) is 0 Å². The molecule has 2 aromatic heterocycles. The summed E-state index contributed by atoms with van der Waals surface area (Å²) in [5.41, 5.74) is 1.50. The van der Waals surface area contributed by atoms with E-state index in [1.165, 1.54) is 32.1 Å². The lowest BCUT2D eigenvalue weighted by atomic mass is 9.84. The summed E-state index contributed by atoms with van der Waals surface area (Å²) in [6, 6.07) is 6.66. The van der Waals surface area contributed by atoms with Gasteiger partial charge >= 0.3 is 0 Å². The maximum Gasteiger partial charge on any atom is 0.213 e. The molecule has 0 saturated carbocycles. The third-order valence-electron chi connectivity index (χ3n) is 7.25. The Bertz CT molecular complexity index is 1200. The number of rotatable bonds is 5. The van der Waals surface area contributed by atoms with Crippen molar-refractivity contribution < 1.29 is 14.2 Å². The van der Waals surface area contributed by atoms with E-state index in [1.807, 2.05) is 7.05 Å². The standard InChI is InChI=1S/C25H29FN6O2/c1-24-7-8-25(2,31-24)12-16(11-24)32(3)21-14-28-23(30-29-21)17-6-5-15(9-20(17)33)18-10-22(34-4)27-13-19(18)26/h5-6,9-10,13-14,16,31,33H,7-8,11-12H2,1-4H3/t16?,24-,25+. The lowest BCUT2D eigenvalue weighted by molar-refractivity contribution is 0.207. The molecule has 0 amide bonds. The van der Waals surface area contributed by atoms with Crippen LogP contribution in [0.2, 0.25) is 0 Å². The number of fused-ring (bicyclic) bond motifs is 2. The van der Waals surface area contributed by atoms with Crippen LogP contribution in [0.25, 0.3) is 22.5 Å². The van der Waals surface area contributed by atoms with Gasteiger partial charge in [0.15, 0.2) is 11.6 Å². The molecule has 2 aliphatic rings. The molecule has 9 heteroatoms. The maximum absolute atomic E-state index is 14.3. The Morgan fingerprint density at radius 1 is 1.06 bits per heavy atom. The van der Waals surface area contributed by atoms with E-state index in [-0.39, 0.29) is 28.3 Å². The van der Waals surface area contributed by atoms with Gasteiger partial charge in [-0.1, -0.05) is 6.07 Å². The van der Waals surface area contributed by atoms with Crippen molar-refractivity contribution in [3.05, 3.63) is 42.5 Å². The fraction of sp³-hybridized carbons (Fsp3) is 0.440. The van der Waals surface area contributed by atoms with Gasteiger partial charge in [-0.25, -0.2) is 14.4 Å². The van der Waals surface area contributed by atoms with Crippen LogP contribution in [0.4, 0.5) is 10.2 Å². The number of anilines is 1. The number of phenolic OH excluding ortho intramolecular Hbond substituents is 1. The lowest BCUT2D eigenvalue weighted by Crippen LogP contribution is -2.58. The molecule has 2 N–H and O–H groups in total. The van der Waals surface area contributed by atoms with Crippen LogP contribution in [-0.2, 0) is 0 Å². The summed E-state index contributed by atoms with van der Waals surface area (Å²) in [4.78, 5) is 10.5. The number of nitrogens with zero attached hydrogens (tertiary/aromatic N) is 5. The highest BCUT2D eigenvalue weighted by atomic mass is 19.1. The van der Waals surface area contributed by atoms with Gasteiger partial charge in [-0.3, -0.25) is 0 Å². The minimum atomic E-state index is -0.507. The fourth-order valence-corrected chi connectivity index (χ4v) is 5.48. The molecule has 0 spiro atoms. The van der Waals surface area contributed by atoms with E-state index in [1.54, 1.807) is 18.3 Å². The lowest BCUT2D eigenvalue weighted by Gasteiger charge is -2.45. The van der Waals surface area contributed by atoms with Crippen molar-refractivity contribution in [2.24, 2.45) is 0 Å². The average Bonchev–Trinajstić information content (AvgIpc) is 3.05. The summed E-state index contributed by atoms with van der Waals surface area (Å²) < 4.78 is 19.4. The average molecular weight is 465 g/mol. The van der Waals surface area contributed by atoms with Crippen molar-refractivity contribution in [1.29, 1.82) is 0 Å². The quantitative estimate of drug-likeness (QED) is 0.586. The van der Waals surface area contributed by atoms with Crippen LogP contribution in [0.3, 0.4) is 0 Å². The monoisotopic (exact) mass is 464 g/mol. The van der Waals surface area contributed by atoms with E-state index in [9.17, 15) is 9.50 Å². The predicted molar refractivity (Wildman–Crippen MR) is 127 cm³/mol. The van der Waals surface area contributed by atoms with Crippen molar-refractivity contribution >= 4 is 5.82 Å². The van der Waals surface area contributed by atoms with E-state index >= 15 is 0 Å². The number of pyridine rings is 1. The predicted octanol–water partition coefficient (Wildman–Crippen LogP) is 3.95. The van der Waals surface area contributed by atoms with Crippen LogP contribution in [0, 0.1) is 5.82 Å². The molecule has 2 aliphatic heterocycles. The Hall–Kier alpha value is -3.33. The molecule has 3 aromatic rings. The second-order valence-electron chi connectivity index (χ2n) is 10.00. The van der Waals surface area contributed by atoms with Gasteiger partial charge in [0, 0.05) is 35.8 Å². The molecule has 1 aromatic carbocycles. The van der Waals surface area contributed by atoms with Crippen LogP contribution in [0.5, 0.6) is 11.6 Å². The van der Waals surface area contributed by atoms with Crippen LogP contribution in [0.15, 0.2) is 36.7 Å². The van der Waals surface area contributed by atoms with Crippen LogP contribution in [-0.4, -0.2) is 56.5 Å². The Kier molecular flexibility index (Phi) is 5.39. The first-order valence-electron chi connectivity index (χ1n) is 11.4. The van der Waals surface area contributed by atoms with Gasteiger partial charge in [0.2, 0.25) is 5.88 Å². The molecule has 2 fully saturated rings. The summed E-state index contributed by atoms with van der Waals surface area (Å²) in [6.07, 6.45) is 7.24. The summed E-state index contributed by atoms with van der Waals surface area (Å²) in [5, 5.41) is 23.1. The highest BCUT2D eigenvalue weighted by Gasteiger charge is 2.49. The number of aromatic hydroxyl groups is 1. The number of piperidine rings is 1. The first kappa shape index (κ1) is 22.5. The highest BCUT2D eigenvalue weighted by molar-refractivity contribution is 5.73. The number of nitrogens with one attached hydrogen (secondary N) is 1. The summed E-state index contributed by atoms with van der Waals surface area (Å²) >= 11 is 0. The van der Waals surface area contributed by atoms with Crippen LogP contribution in [0.1, 0.15) is 39.5 Å². The summed E-state index contributed by atoms with van der Waals surface area (Å²) in [5.74, 6) is 0.721. The first-order valence-corrected chi connectivity index (χ1v) is 11.4. The topological polar surface area (TPSA) is 96.3 Å². The second kappa shape index (κ2) is 8.16. The molecular weight excluding hydrogens is 435 g/mol. The number of benzene rings is 1. The molecule has 4 heterocycles. The number of hydrogen-bond donors (Lipinski definition) is 2. The van der Waals surface area contributed by atoms with Gasteiger partial charge in [0.1, 0.15) is 11.6 Å². The Morgan fingerprint density at radius 3 is 2.41 bits per heavy atom. The van der Waals surface area contributed by atoms with Gasteiger partial charge in [0.05, 0.1) is 25.1 Å². The molecule has 34 heavy (non-hydrogen) atoms. The molecule has 0 radical (unpaired) electrons. The third-order valence-corrected chi connectivity index (χ3v) is 7.25. The normalized spacial score (nSPS) is 25.9. The van der Waals surface area contributed by atoms with E-state index in [0.29, 0.717) is 28.8 Å². The maximum atomic E-state index is 14.3. The van der Waals surface area contributed by atoms with Gasteiger partial charge < -0.3 is 20.1 Å². The van der Waals surface area contributed by atoms with Crippen LogP contribution >= 0.6 is 0 Å². The largest absolute Gasteiger partial charge is 0.507 e. The van der Waals surface area contributed by atoms with E-state index in [0.717, 1.165) is 19.0 Å². The van der Waals surface area contributed by atoms with Gasteiger partial charge in [-0.2, -0.15) is 0 Å². The Balaban J connectivity index is 1.37. The number of hydrogen-bond acceptors (Lipinski definition) is 8. The van der Waals surface area contributed by atoms with Gasteiger partial charge in [0.25, 0.3) is 0 Å². The number of methoxy groups -OCH3 is 1. The van der Waals surface area contributed by atoms with Gasteiger partial charge in [-0.15, -0.1) is 10.2 Å². The van der Waals surface area contributed by atoms with Crippen molar-refractivity contribution in [2.45, 2.75) is 56.7 Å². The molecule has 5 rings (SSSR count). The van der Waals surface area contributed by atoms with E-state index in [2.05, 4.69) is 44.2 Å². The first-order chi connectivity index (χ1) is 16.2. The molecule has 0 aliphatic carbocycles. The Morgan fingerprint density at radius 2 is 1.79 bits per heavy atom. The fourth-order valence-electron chi connectivity index (χ4n) is 5.48. The zero-order valence-electron chi connectivity index (χ0n) is 19.8. The highest BCUT2D eigenvalue weighted by Crippen LogP contribution is 2.43. The van der Waals surface area contributed by atoms with Crippen LogP contribution < -0.4 is 15.0 Å². The molecule has 3 atom stereocenters. The number of ether oxygens (including phenoxy) is 1. The van der Waals surface area contributed by atoms with Crippen molar-refractivity contribution in [2.75, 3.05) is 19.1 Å². The molecule has 1 unspecified atom stereocenters. The van der Waals surface area contributed by atoms with Crippen molar-refractivity contribution in [3.8, 4) is 34.1 Å². The minimum absolute atomic E-state index is 0.0636. The zero-order valence-corrected chi connectivity index (χ0v) is 19.8. The Labute approximate surface area is 198 Å². The molecule has 8 nitrogen and oxygen atoms in total. The SMILES string of the molecule is COc1cc(-c2ccc(-c3ncc(N(C)C4C[C@]5(C)CC[C@](C)(C4)N5)nn3)c(O)c2)c(F)cn1. The molecule has 2 bridgehead atoms. The third kappa shape index (κ3) is 4.04. The summed E-state index contributed by atoms with van der Waals surface area (Å²) in [6.45, 7) is 4.59. The smallest absolute Gasteiger partial charge is 0.213 e. The van der Waals surface area contributed by atoms with Crippen molar-refractivity contribution in [1.82, 2.24) is 25.5 Å². The van der Waals surface area contributed by atoms with E-state index < -0.39 is 5.82 Å². The van der Waals surface area contributed by atoms with E-state index in [4.69, 9.17) is 4.74 Å². The number of aromatic nitrogens is 4. The zero-order chi connectivity index (χ0) is 24.1.